The van der Waals surface area contributed by atoms with Crippen molar-refractivity contribution in [1.82, 2.24) is 0 Å². The van der Waals surface area contributed by atoms with Gasteiger partial charge in [0.2, 0.25) is 0 Å². The Bertz CT molecular complexity index is 374. The minimum Gasteiger partial charge on any atom is -0.295 e. The highest BCUT2D eigenvalue weighted by atomic mass is 35.5. The van der Waals surface area contributed by atoms with Crippen LogP contribution in [0.5, 0.6) is 0 Å². The standard InChI is InChI=1S/C12H12Cl2O/c1-8(2)12(15)7-6-9-10(13)4-3-5-11(9)14/h3-8H,1-2H3. The van der Waals surface area contributed by atoms with Crippen molar-refractivity contribution in [3.8, 4) is 0 Å². The number of halogens is 2. The largest absolute Gasteiger partial charge is 0.295 e. The summed E-state index contributed by atoms with van der Waals surface area (Å²) in [5, 5.41) is 1.10. The number of hydrogen-bond acceptors (Lipinski definition) is 1. The van der Waals surface area contributed by atoms with Crippen LogP contribution in [0.15, 0.2) is 24.3 Å². The lowest BCUT2D eigenvalue weighted by molar-refractivity contribution is -0.117. The second-order valence-electron chi connectivity index (χ2n) is 3.53. The zero-order valence-corrected chi connectivity index (χ0v) is 10.1. The lowest BCUT2D eigenvalue weighted by atomic mass is 10.1. The van der Waals surface area contributed by atoms with Crippen molar-refractivity contribution in [1.29, 1.82) is 0 Å². The van der Waals surface area contributed by atoms with E-state index in [1.54, 1.807) is 24.3 Å². The first-order chi connectivity index (χ1) is 7.02. The van der Waals surface area contributed by atoms with Gasteiger partial charge in [0.25, 0.3) is 0 Å². The third-order valence-corrected chi connectivity index (χ3v) is 2.64. The summed E-state index contributed by atoms with van der Waals surface area (Å²) in [4.78, 5) is 11.4. The molecule has 0 spiro atoms. The van der Waals surface area contributed by atoms with Crippen molar-refractivity contribution >= 4 is 35.1 Å². The van der Waals surface area contributed by atoms with Crippen molar-refractivity contribution in [2.24, 2.45) is 5.92 Å². The van der Waals surface area contributed by atoms with Crippen LogP contribution in [0, 0.1) is 5.92 Å². The predicted molar refractivity (Wildman–Crippen MR) is 65.3 cm³/mol. The van der Waals surface area contributed by atoms with Crippen LogP contribution in [-0.4, -0.2) is 5.78 Å². The zero-order valence-electron chi connectivity index (χ0n) is 8.63. The Kier molecular flexibility index (Phi) is 4.37. The number of hydrogen-bond donors (Lipinski definition) is 0. The van der Waals surface area contributed by atoms with E-state index >= 15 is 0 Å². The maximum atomic E-state index is 11.4. The molecule has 0 heterocycles. The third-order valence-electron chi connectivity index (χ3n) is 1.98. The molecule has 1 rings (SSSR count). The van der Waals surface area contributed by atoms with Crippen LogP contribution < -0.4 is 0 Å². The Labute approximate surface area is 99.7 Å². The van der Waals surface area contributed by atoms with Crippen LogP contribution in [0.25, 0.3) is 6.08 Å². The fraction of sp³-hybridized carbons (Fsp3) is 0.250. The summed E-state index contributed by atoms with van der Waals surface area (Å²) < 4.78 is 0. The first-order valence-electron chi connectivity index (χ1n) is 4.68. The van der Waals surface area contributed by atoms with E-state index in [4.69, 9.17) is 23.2 Å². The highest BCUT2D eigenvalue weighted by Crippen LogP contribution is 2.25. The van der Waals surface area contributed by atoms with E-state index < -0.39 is 0 Å². The van der Waals surface area contributed by atoms with E-state index in [0.717, 1.165) is 0 Å². The lowest BCUT2D eigenvalue weighted by Crippen LogP contribution is -2.01. The summed E-state index contributed by atoms with van der Waals surface area (Å²) in [6.45, 7) is 3.70. The van der Waals surface area contributed by atoms with Gasteiger partial charge in [-0.05, 0) is 24.3 Å². The molecule has 0 atom stereocenters. The predicted octanol–water partition coefficient (Wildman–Crippen LogP) is 4.23. The Hall–Kier alpha value is -0.790. The highest BCUT2D eigenvalue weighted by molar-refractivity contribution is 6.37. The molecule has 0 radical (unpaired) electrons. The van der Waals surface area contributed by atoms with Crippen molar-refractivity contribution < 1.29 is 4.79 Å². The van der Waals surface area contributed by atoms with Gasteiger partial charge in [-0.2, -0.15) is 0 Å². The molecule has 0 saturated carbocycles. The van der Waals surface area contributed by atoms with Gasteiger partial charge in [-0.3, -0.25) is 4.79 Å². The average molecular weight is 243 g/mol. The second kappa shape index (κ2) is 5.34. The second-order valence-corrected chi connectivity index (χ2v) is 4.34. The van der Waals surface area contributed by atoms with Crippen molar-refractivity contribution in [3.63, 3.8) is 0 Å². The number of carbonyl (C=O) groups is 1. The summed E-state index contributed by atoms with van der Waals surface area (Å²) in [6, 6.07) is 5.26. The first kappa shape index (κ1) is 12.3. The van der Waals surface area contributed by atoms with Gasteiger partial charge >= 0.3 is 0 Å². The van der Waals surface area contributed by atoms with Crippen molar-refractivity contribution in [3.05, 3.63) is 39.9 Å². The van der Waals surface area contributed by atoms with Crippen LogP contribution in [0.3, 0.4) is 0 Å². The Morgan fingerprint density at radius 3 is 2.27 bits per heavy atom. The minimum absolute atomic E-state index is 0.0116. The fourth-order valence-corrected chi connectivity index (χ4v) is 1.55. The monoisotopic (exact) mass is 242 g/mol. The van der Waals surface area contributed by atoms with Crippen LogP contribution in [0.2, 0.25) is 10.0 Å². The zero-order chi connectivity index (χ0) is 11.4. The SMILES string of the molecule is CC(C)C(=O)C=Cc1c(Cl)cccc1Cl. The van der Waals surface area contributed by atoms with Gasteiger partial charge in [-0.15, -0.1) is 0 Å². The van der Waals surface area contributed by atoms with Gasteiger partial charge in [-0.1, -0.05) is 43.1 Å². The number of rotatable bonds is 3. The van der Waals surface area contributed by atoms with Crippen molar-refractivity contribution in [2.75, 3.05) is 0 Å². The van der Waals surface area contributed by atoms with Gasteiger partial charge < -0.3 is 0 Å². The summed E-state index contributed by atoms with van der Waals surface area (Å²) in [5.41, 5.74) is 0.690. The molecule has 3 heteroatoms. The van der Waals surface area contributed by atoms with Gasteiger partial charge in [0, 0.05) is 21.5 Å². The Morgan fingerprint density at radius 1 is 1.27 bits per heavy atom. The van der Waals surface area contributed by atoms with E-state index in [9.17, 15) is 4.79 Å². The minimum atomic E-state index is -0.0116. The molecule has 0 fully saturated rings. The molecule has 0 aliphatic heterocycles. The average Bonchev–Trinajstić information content (AvgIpc) is 2.16. The molecule has 80 valence electrons. The molecular weight excluding hydrogens is 231 g/mol. The normalized spacial score (nSPS) is 11.3. The highest BCUT2D eigenvalue weighted by Gasteiger charge is 2.04. The molecule has 1 aromatic rings. The van der Waals surface area contributed by atoms with Gasteiger partial charge in [0.1, 0.15) is 0 Å². The summed E-state index contributed by atoms with van der Waals surface area (Å²) in [7, 11) is 0. The van der Waals surface area contributed by atoms with E-state index in [1.807, 2.05) is 13.8 Å². The molecule has 1 nitrogen and oxygen atoms in total. The van der Waals surface area contributed by atoms with E-state index in [1.165, 1.54) is 6.08 Å². The molecule has 0 saturated heterocycles. The molecule has 1 aromatic carbocycles. The number of carbonyl (C=O) groups excluding carboxylic acids is 1. The van der Waals surface area contributed by atoms with Crippen LogP contribution >= 0.6 is 23.2 Å². The Balaban J connectivity index is 2.94. The maximum absolute atomic E-state index is 11.4. The number of ketones is 1. The topological polar surface area (TPSA) is 17.1 Å². The molecule has 0 aliphatic carbocycles. The quantitative estimate of drug-likeness (QED) is 0.726. The lowest BCUT2D eigenvalue weighted by Gasteiger charge is -2.01. The van der Waals surface area contributed by atoms with E-state index in [0.29, 0.717) is 15.6 Å². The van der Waals surface area contributed by atoms with Gasteiger partial charge in [0.15, 0.2) is 5.78 Å². The molecule has 0 aromatic heterocycles. The van der Waals surface area contributed by atoms with Crippen LogP contribution in [0.1, 0.15) is 19.4 Å². The van der Waals surface area contributed by atoms with Gasteiger partial charge in [-0.25, -0.2) is 0 Å². The fourth-order valence-electron chi connectivity index (χ4n) is 1.03. The van der Waals surface area contributed by atoms with E-state index in [2.05, 4.69) is 0 Å². The molecule has 0 N–H and O–H groups in total. The summed E-state index contributed by atoms with van der Waals surface area (Å²) in [6.07, 6.45) is 3.17. The molecule has 15 heavy (non-hydrogen) atoms. The molecular formula is C12H12Cl2O. The number of allylic oxidation sites excluding steroid dienone is 1. The summed E-state index contributed by atoms with van der Waals surface area (Å²) >= 11 is 11.9. The first-order valence-corrected chi connectivity index (χ1v) is 5.44. The molecule has 0 unspecified atom stereocenters. The molecule has 0 bridgehead atoms. The van der Waals surface area contributed by atoms with Gasteiger partial charge in [0.05, 0.1) is 0 Å². The molecule has 0 aliphatic rings. The number of benzene rings is 1. The van der Waals surface area contributed by atoms with Crippen LogP contribution in [0.4, 0.5) is 0 Å². The van der Waals surface area contributed by atoms with E-state index in [-0.39, 0.29) is 11.7 Å². The smallest absolute Gasteiger partial charge is 0.158 e. The van der Waals surface area contributed by atoms with Crippen LogP contribution in [-0.2, 0) is 4.79 Å². The van der Waals surface area contributed by atoms with Crippen molar-refractivity contribution in [2.45, 2.75) is 13.8 Å². The maximum Gasteiger partial charge on any atom is 0.158 e. The molecule has 0 amide bonds. The summed E-state index contributed by atoms with van der Waals surface area (Å²) in [5.74, 6) is 0.0495. The Morgan fingerprint density at radius 2 is 1.80 bits per heavy atom. The third kappa shape index (κ3) is 3.37.